The largest absolute Gasteiger partial charge is 0.396 e. The fourth-order valence-electron chi connectivity index (χ4n) is 1.35. The third-order valence-corrected chi connectivity index (χ3v) is 2.41. The zero-order valence-electron chi connectivity index (χ0n) is 8.39. The Labute approximate surface area is 93.2 Å². The van der Waals surface area contributed by atoms with Crippen LogP contribution in [0, 0.1) is 6.92 Å². The lowest BCUT2D eigenvalue weighted by Gasteiger charge is -2.18. The van der Waals surface area contributed by atoms with Gasteiger partial charge in [0.05, 0.1) is 6.10 Å². The molecule has 15 heavy (non-hydrogen) atoms. The molecule has 2 atom stereocenters. The summed E-state index contributed by atoms with van der Waals surface area (Å²) >= 11 is 5.67. The molecule has 1 rings (SSSR count). The molecule has 3 N–H and O–H groups in total. The Morgan fingerprint density at radius 3 is 2.60 bits per heavy atom. The molecule has 1 heterocycles. The number of aliphatic hydroxyl groups is 3. The molecular weight excluding hydrogens is 218 g/mol. The van der Waals surface area contributed by atoms with Crippen molar-refractivity contribution in [3.05, 3.63) is 28.5 Å². The maximum atomic E-state index is 9.75. The second-order valence-electron chi connectivity index (χ2n) is 3.33. The number of hydrogen-bond acceptors (Lipinski definition) is 4. The van der Waals surface area contributed by atoms with Gasteiger partial charge in [0, 0.05) is 17.9 Å². The van der Waals surface area contributed by atoms with Gasteiger partial charge in [0.1, 0.15) is 11.3 Å². The van der Waals surface area contributed by atoms with Gasteiger partial charge in [-0.2, -0.15) is 0 Å². The molecule has 0 radical (unpaired) electrons. The van der Waals surface area contributed by atoms with Gasteiger partial charge in [0.2, 0.25) is 0 Å². The summed E-state index contributed by atoms with van der Waals surface area (Å²) in [7, 11) is 0. The number of aliphatic hydroxyl groups excluding tert-OH is 3. The summed E-state index contributed by atoms with van der Waals surface area (Å²) in [4.78, 5) is 3.97. The fraction of sp³-hybridized carbons (Fsp3) is 0.500. The first kappa shape index (κ1) is 12.4. The van der Waals surface area contributed by atoms with Crippen molar-refractivity contribution in [2.75, 3.05) is 6.61 Å². The Balaban J connectivity index is 2.86. The van der Waals surface area contributed by atoms with Crippen molar-refractivity contribution < 1.29 is 15.3 Å². The Morgan fingerprint density at radius 1 is 1.40 bits per heavy atom. The van der Waals surface area contributed by atoms with Crippen molar-refractivity contribution in [2.45, 2.75) is 25.6 Å². The molecule has 0 amide bonds. The van der Waals surface area contributed by atoms with Gasteiger partial charge in [-0.3, -0.25) is 0 Å². The first-order valence-corrected chi connectivity index (χ1v) is 5.04. The maximum Gasteiger partial charge on any atom is 0.129 e. The van der Waals surface area contributed by atoms with Crippen molar-refractivity contribution >= 4 is 11.6 Å². The number of pyridine rings is 1. The molecule has 0 aliphatic carbocycles. The molecule has 1 aromatic heterocycles. The highest BCUT2D eigenvalue weighted by molar-refractivity contribution is 6.29. The Kier molecular flexibility index (Phi) is 4.47. The van der Waals surface area contributed by atoms with E-state index in [1.54, 1.807) is 19.1 Å². The lowest BCUT2D eigenvalue weighted by molar-refractivity contribution is 0.00368. The van der Waals surface area contributed by atoms with Crippen LogP contribution < -0.4 is 0 Å². The molecule has 0 bridgehead atoms. The predicted octanol–water partition coefficient (Wildman–Crippen LogP) is 0.820. The van der Waals surface area contributed by atoms with Crippen LogP contribution in [0.4, 0.5) is 0 Å². The Bertz CT molecular complexity index is 332. The van der Waals surface area contributed by atoms with Crippen molar-refractivity contribution in [3.8, 4) is 0 Å². The third kappa shape index (κ3) is 3.14. The van der Waals surface area contributed by atoms with E-state index in [1.807, 2.05) is 0 Å². The molecule has 4 nitrogen and oxygen atoms in total. The zero-order chi connectivity index (χ0) is 11.4. The maximum absolute atomic E-state index is 9.75. The van der Waals surface area contributed by atoms with E-state index in [1.165, 1.54) is 0 Å². The average Bonchev–Trinajstić information content (AvgIpc) is 2.17. The lowest BCUT2D eigenvalue weighted by atomic mass is 10.0. The van der Waals surface area contributed by atoms with Gasteiger partial charge in [0.25, 0.3) is 0 Å². The van der Waals surface area contributed by atoms with Crippen molar-refractivity contribution in [1.29, 1.82) is 0 Å². The number of hydrogen-bond donors (Lipinski definition) is 3. The fourth-order valence-corrected chi connectivity index (χ4v) is 1.54. The first-order valence-electron chi connectivity index (χ1n) is 4.66. The van der Waals surface area contributed by atoms with Crippen molar-refractivity contribution in [3.63, 3.8) is 0 Å². The summed E-state index contributed by atoms with van der Waals surface area (Å²) in [6.45, 7) is 1.54. The van der Waals surface area contributed by atoms with Crippen molar-refractivity contribution in [1.82, 2.24) is 4.98 Å². The highest BCUT2D eigenvalue weighted by Crippen LogP contribution is 2.22. The second kappa shape index (κ2) is 5.42. The van der Waals surface area contributed by atoms with E-state index in [2.05, 4.69) is 4.98 Å². The number of nitrogens with zero attached hydrogens (tertiary/aromatic N) is 1. The van der Waals surface area contributed by atoms with Gasteiger partial charge in [-0.05, 0) is 19.4 Å². The normalized spacial score (nSPS) is 15.0. The molecule has 0 spiro atoms. The minimum absolute atomic E-state index is 0.128. The Morgan fingerprint density at radius 2 is 2.07 bits per heavy atom. The highest BCUT2D eigenvalue weighted by atomic mass is 35.5. The van der Waals surface area contributed by atoms with E-state index in [4.69, 9.17) is 16.7 Å². The zero-order valence-corrected chi connectivity index (χ0v) is 9.15. The molecule has 84 valence electrons. The van der Waals surface area contributed by atoms with Gasteiger partial charge in [-0.1, -0.05) is 17.7 Å². The molecule has 2 unspecified atom stereocenters. The summed E-state index contributed by atoms with van der Waals surface area (Å²) in [5, 5.41) is 28.2. The summed E-state index contributed by atoms with van der Waals surface area (Å²) in [6.07, 6.45) is -1.90. The quantitative estimate of drug-likeness (QED) is 0.671. The minimum Gasteiger partial charge on any atom is -0.396 e. The minimum atomic E-state index is -1.04. The van der Waals surface area contributed by atoms with E-state index in [0.29, 0.717) is 16.4 Å². The standard InChI is InChI=1S/C10H14ClNO3/c1-6-7(2-3-9(11)12-6)10(15)8(14)4-5-13/h2-3,8,10,13-15H,4-5H2,1H3. The SMILES string of the molecule is Cc1nc(Cl)ccc1C(O)C(O)CCO. The van der Waals surface area contributed by atoms with Gasteiger partial charge in [-0.25, -0.2) is 4.98 Å². The van der Waals surface area contributed by atoms with Crippen LogP contribution in [0.1, 0.15) is 23.8 Å². The molecule has 0 saturated carbocycles. The average molecular weight is 232 g/mol. The van der Waals surface area contributed by atoms with E-state index in [9.17, 15) is 10.2 Å². The van der Waals surface area contributed by atoms with Crippen LogP contribution in [0.2, 0.25) is 5.15 Å². The van der Waals surface area contributed by atoms with Gasteiger partial charge < -0.3 is 15.3 Å². The Hall–Kier alpha value is -0.680. The molecule has 0 saturated heterocycles. The van der Waals surface area contributed by atoms with E-state index in [0.717, 1.165) is 0 Å². The lowest BCUT2D eigenvalue weighted by Crippen LogP contribution is -2.20. The van der Waals surface area contributed by atoms with Crippen LogP contribution >= 0.6 is 11.6 Å². The number of halogens is 1. The summed E-state index contributed by atoms with van der Waals surface area (Å²) in [5.41, 5.74) is 1.10. The monoisotopic (exact) mass is 231 g/mol. The van der Waals surface area contributed by atoms with Crippen LogP contribution in [-0.4, -0.2) is 33.0 Å². The molecule has 5 heteroatoms. The van der Waals surface area contributed by atoms with Gasteiger partial charge in [0.15, 0.2) is 0 Å². The van der Waals surface area contributed by atoms with Crippen LogP contribution in [0.15, 0.2) is 12.1 Å². The molecule has 0 fully saturated rings. The molecule has 1 aromatic rings. The summed E-state index contributed by atoms with van der Waals surface area (Å²) in [6, 6.07) is 3.18. The van der Waals surface area contributed by atoms with E-state index >= 15 is 0 Å². The topological polar surface area (TPSA) is 73.6 Å². The second-order valence-corrected chi connectivity index (χ2v) is 3.72. The third-order valence-electron chi connectivity index (χ3n) is 2.20. The predicted molar refractivity (Wildman–Crippen MR) is 56.7 cm³/mol. The number of aromatic nitrogens is 1. The first-order chi connectivity index (χ1) is 7.06. The van der Waals surface area contributed by atoms with Gasteiger partial charge >= 0.3 is 0 Å². The van der Waals surface area contributed by atoms with Crippen molar-refractivity contribution in [2.24, 2.45) is 0 Å². The number of rotatable bonds is 4. The van der Waals surface area contributed by atoms with Gasteiger partial charge in [-0.15, -0.1) is 0 Å². The summed E-state index contributed by atoms with van der Waals surface area (Å²) < 4.78 is 0. The van der Waals surface area contributed by atoms with Crippen LogP contribution in [0.25, 0.3) is 0 Å². The molecule has 0 aliphatic heterocycles. The number of aryl methyl sites for hydroxylation is 1. The van der Waals surface area contributed by atoms with E-state index in [-0.39, 0.29) is 13.0 Å². The van der Waals surface area contributed by atoms with Crippen LogP contribution in [0.3, 0.4) is 0 Å². The van der Waals surface area contributed by atoms with Crippen LogP contribution in [-0.2, 0) is 0 Å². The summed E-state index contributed by atoms with van der Waals surface area (Å²) in [5.74, 6) is 0. The smallest absolute Gasteiger partial charge is 0.129 e. The molecule has 0 aromatic carbocycles. The van der Waals surface area contributed by atoms with E-state index < -0.39 is 12.2 Å². The highest BCUT2D eigenvalue weighted by Gasteiger charge is 2.20. The molecular formula is C10H14ClNO3. The molecule has 0 aliphatic rings. The van der Waals surface area contributed by atoms with Crippen LogP contribution in [0.5, 0.6) is 0 Å².